The minimum Gasteiger partial charge on any atom is -0.497 e. The van der Waals surface area contributed by atoms with Crippen molar-refractivity contribution in [2.75, 3.05) is 14.2 Å². The fourth-order valence-corrected chi connectivity index (χ4v) is 5.75. The molecule has 0 aliphatic carbocycles. The topological polar surface area (TPSA) is 55.8 Å². The Morgan fingerprint density at radius 3 is 2.27 bits per heavy atom. The van der Waals surface area contributed by atoms with Crippen LogP contribution in [-0.4, -0.2) is 35.7 Å². The highest BCUT2D eigenvalue weighted by molar-refractivity contribution is 8.01. The summed E-state index contributed by atoms with van der Waals surface area (Å²) >= 11 is 1.41. The second kappa shape index (κ2) is 9.71. The third kappa shape index (κ3) is 4.62. The van der Waals surface area contributed by atoms with Crippen LogP contribution in [0.25, 0.3) is 0 Å². The molecule has 6 heteroatoms. The third-order valence-corrected chi connectivity index (χ3v) is 7.37. The van der Waals surface area contributed by atoms with Crippen molar-refractivity contribution in [3.05, 3.63) is 95.6 Å². The summed E-state index contributed by atoms with van der Waals surface area (Å²) in [6, 6.07) is 24.9. The van der Waals surface area contributed by atoms with E-state index in [0.717, 1.165) is 27.3 Å². The van der Waals surface area contributed by atoms with Gasteiger partial charge >= 0.3 is 5.97 Å². The zero-order valence-corrected chi connectivity index (χ0v) is 19.8. The van der Waals surface area contributed by atoms with E-state index in [1.165, 1.54) is 18.9 Å². The van der Waals surface area contributed by atoms with Gasteiger partial charge in [-0.3, -0.25) is 9.59 Å². The fraction of sp³-hybridized carbons (Fsp3) is 0.259. The molecule has 1 aliphatic heterocycles. The number of amides is 1. The summed E-state index contributed by atoms with van der Waals surface area (Å²) in [6.07, 6.45) is 0.0634. The average Bonchev–Trinajstić information content (AvgIpc) is 3.12. The summed E-state index contributed by atoms with van der Waals surface area (Å²) in [5, 5.41) is 0. The molecule has 0 radical (unpaired) electrons. The molecule has 1 amide bonds. The molecule has 1 aliphatic rings. The maximum Gasteiger partial charge on any atom is 0.325 e. The van der Waals surface area contributed by atoms with E-state index in [1.54, 1.807) is 12.0 Å². The number of hydrogen-bond donors (Lipinski definition) is 0. The lowest BCUT2D eigenvalue weighted by Crippen LogP contribution is -2.42. The predicted octanol–water partition coefficient (Wildman–Crippen LogP) is 5.18. The summed E-state index contributed by atoms with van der Waals surface area (Å²) in [5.74, 6) is 0.280. The van der Waals surface area contributed by atoms with E-state index in [1.807, 2.05) is 85.8 Å². The number of rotatable bonds is 7. The van der Waals surface area contributed by atoms with Crippen molar-refractivity contribution in [3.63, 3.8) is 0 Å². The van der Waals surface area contributed by atoms with Crippen LogP contribution in [0.4, 0.5) is 0 Å². The Labute approximate surface area is 198 Å². The van der Waals surface area contributed by atoms with Crippen LogP contribution in [0.2, 0.25) is 0 Å². The van der Waals surface area contributed by atoms with Crippen LogP contribution in [0.3, 0.4) is 0 Å². The molecule has 1 heterocycles. The van der Waals surface area contributed by atoms with E-state index < -0.39 is 16.8 Å². The highest BCUT2D eigenvalue weighted by Gasteiger charge is 2.59. The van der Waals surface area contributed by atoms with E-state index in [2.05, 4.69) is 0 Å². The van der Waals surface area contributed by atoms with Crippen molar-refractivity contribution in [1.82, 2.24) is 4.90 Å². The molecule has 1 saturated heterocycles. The van der Waals surface area contributed by atoms with Gasteiger partial charge in [0.1, 0.15) is 5.75 Å². The van der Waals surface area contributed by atoms with Crippen LogP contribution in [0.1, 0.15) is 29.2 Å². The van der Waals surface area contributed by atoms with Gasteiger partial charge in [0.25, 0.3) is 0 Å². The average molecular weight is 462 g/mol. The van der Waals surface area contributed by atoms with Gasteiger partial charge in [0, 0.05) is 11.4 Å². The molecule has 0 saturated carbocycles. The number of methoxy groups -OCH3 is 2. The van der Waals surface area contributed by atoms with Crippen molar-refractivity contribution in [1.29, 1.82) is 0 Å². The highest BCUT2D eigenvalue weighted by Crippen LogP contribution is 2.53. The minimum absolute atomic E-state index is 0.0634. The molecule has 4 rings (SSSR count). The minimum atomic E-state index is -1.10. The van der Waals surface area contributed by atoms with Gasteiger partial charge in [0.05, 0.1) is 26.7 Å². The van der Waals surface area contributed by atoms with Gasteiger partial charge in [0.2, 0.25) is 5.91 Å². The van der Waals surface area contributed by atoms with E-state index in [0.29, 0.717) is 6.54 Å². The number of hydrogen-bond acceptors (Lipinski definition) is 5. The Balaban J connectivity index is 1.79. The smallest absolute Gasteiger partial charge is 0.325 e. The van der Waals surface area contributed by atoms with E-state index >= 15 is 0 Å². The standard InChI is InChI=1S/C27H27NO4S/c1-19-9-15-23(16-10-19)33-27(26(30)32-3)17-24(29)28(25(27)21-7-5-4-6-8-21)18-20-11-13-22(31-2)14-12-20/h4-16,25H,17-18H2,1-3H3/t25-,27-/m1/s1. The molecular formula is C27H27NO4S. The summed E-state index contributed by atoms with van der Waals surface area (Å²) in [7, 11) is 3.01. The summed E-state index contributed by atoms with van der Waals surface area (Å²) < 4.78 is 9.46. The van der Waals surface area contributed by atoms with Gasteiger partial charge in [-0.15, -0.1) is 11.8 Å². The number of benzene rings is 3. The Hall–Kier alpha value is -3.25. The molecule has 1 fully saturated rings. The lowest BCUT2D eigenvalue weighted by molar-refractivity contribution is -0.144. The van der Waals surface area contributed by atoms with Crippen molar-refractivity contribution in [2.24, 2.45) is 0 Å². The Bertz CT molecular complexity index is 1120. The van der Waals surface area contributed by atoms with Crippen molar-refractivity contribution in [2.45, 2.75) is 35.6 Å². The normalized spacial score (nSPS) is 20.0. The Morgan fingerprint density at radius 2 is 1.67 bits per heavy atom. The summed E-state index contributed by atoms with van der Waals surface area (Å²) in [5.41, 5.74) is 3.00. The largest absolute Gasteiger partial charge is 0.497 e. The first-order valence-electron chi connectivity index (χ1n) is 10.8. The van der Waals surface area contributed by atoms with Gasteiger partial charge in [-0.25, -0.2) is 0 Å². The molecule has 3 aromatic rings. The Morgan fingerprint density at radius 1 is 1.00 bits per heavy atom. The van der Waals surface area contributed by atoms with Gasteiger partial charge in [-0.2, -0.15) is 0 Å². The molecule has 170 valence electrons. The number of thioether (sulfide) groups is 1. The predicted molar refractivity (Wildman–Crippen MR) is 129 cm³/mol. The van der Waals surface area contributed by atoms with Crippen molar-refractivity contribution >= 4 is 23.6 Å². The van der Waals surface area contributed by atoms with E-state index in [-0.39, 0.29) is 12.3 Å². The molecule has 5 nitrogen and oxygen atoms in total. The summed E-state index contributed by atoms with van der Waals surface area (Å²) in [4.78, 5) is 29.5. The molecule has 0 N–H and O–H groups in total. The lowest BCUT2D eigenvalue weighted by atomic mass is 9.92. The van der Waals surface area contributed by atoms with Gasteiger partial charge < -0.3 is 14.4 Å². The van der Waals surface area contributed by atoms with Crippen molar-refractivity contribution < 1.29 is 19.1 Å². The first kappa shape index (κ1) is 22.9. The zero-order chi connectivity index (χ0) is 23.4. The molecule has 2 atom stereocenters. The lowest BCUT2D eigenvalue weighted by Gasteiger charge is -2.35. The zero-order valence-electron chi connectivity index (χ0n) is 19.0. The van der Waals surface area contributed by atoms with Crippen LogP contribution < -0.4 is 4.74 Å². The van der Waals surface area contributed by atoms with Gasteiger partial charge in [0.15, 0.2) is 4.75 Å². The first-order chi connectivity index (χ1) is 16.0. The highest BCUT2D eigenvalue weighted by atomic mass is 32.2. The second-order valence-electron chi connectivity index (χ2n) is 8.16. The van der Waals surface area contributed by atoms with Crippen LogP contribution in [0.15, 0.2) is 83.8 Å². The number of carbonyl (C=O) groups is 2. The Kier molecular flexibility index (Phi) is 6.75. The maximum absolute atomic E-state index is 13.4. The van der Waals surface area contributed by atoms with E-state index in [9.17, 15) is 9.59 Å². The van der Waals surface area contributed by atoms with Crippen LogP contribution in [-0.2, 0) is 20.9 Å². The number of likely N-dealkylation sites (tertiary alicyclic amines) is 1. The maximum atomic E-state index is 13.4. The monoisotopic (exact) mass is 461 g/mol. The first-order valence-corrected chi connectivity index (χ1v) is 11.6. The molecule has 0 unspecified atom stereocenters. The molecular weight excluding hydrogens is 434 g/mol. The molecule has 0 spiro atoms. The quantitative estimate of drug-likeness (QED) is 0.454. The number of aryl methyl sites for hydroxylation is 1. The number of esters is 1. The van der Waals surface area contributed by atoms with E-state index in [4.69, 9.17) is 9.47 Å². The SMILES string of the molecule is COC(=O)[C@@]1(Sc2ccc(C)cc2)CC(=O)N(Cc2ccc(OC)cc2)[C@@H]1c1ccccc1. The van der Waals surface area contributed by atoms with Crippen LogP contribution in [0.5, 0.6) is 5.75 Å². The second-order valence-corrected chi connectivity index (χ2v) is 9.56. The van der Waals surface area contributed by atoms with Gasteiger partial charge in [-0.1, -0.05) is 60.2 Å². The molecule has 0 aromatic heterocycles. The fourth-order valence-electron chi connectivity index (χ4n) is 4.32. The molecule has 0 bridgehead atoms. The van der Waals surface area contributed by atoms with Crippen molar-refractivity contribution in [3.8, 4) is 5.75 Å². The summed E-state index contributed by atoms with van der Waals surface area (Å²) in [6.45, 7) is 2.41. The molecule has 33 heavy (non-hydrogen) atoms. The van der Waals surface area contributed by atoms with Crippen LogP contribution >= 0.6 is 11.8 Å². The molecule has 3 aromatic carbocycles. The number of ether oxygens (including phenoxy) is 2. The number of carbonyl (C=O) groups excluding carboxylic acids is 2. The van der Waals surface area contributed by atoms with Gasteiger partial charge in [-0.05, 0) is 42.3 Å². The van der Waals surface area contributed by atoms with Crippen LogP contribution in [0, 0.1) is 6.92 Å². The third-order valence-electron chi connectivity index (χ3n) is 5.97. The number of nitrogens with zero attached hydrogens (tertiary/aromatic N) is 1.